The first-order chi connectivity index (χ1) is 31.8. The lowest BCUT2D eigenvalue weighted by atomic mass is 9.96. The first-order valence-electron chi connectivity index (χ1n) is 24.6. The first kappa shape index (κ1) is 58.6. The Morgan fingerprint density at radius 1 is 0.545 bits per heavy atom. The van der Waals surface area contributed by atoms with Crippen molar-refractivity contribution in [1.82, 2.24) is 5.32 Å². The highest BCUT2D eigenvalue weighted by molar-refractivity contribution is 5.76. The molecular weight excluding hydrogens is 867 g/mol. The molecule has 0 aromatic rings. The second kappa shape index (κ2) is 33.0. The number of carbonyl (C=O) groups is 1. The summed E-state index contributed by atoms with van der Waals surface area (Å²) in [5, 5.41) is 119. The maximum atomic E-state index is 13.1. The molecule has 17 unspecified atom stereocenters. The van der Waals surface area contributed by atoms with E-state index in [1.165, 1.54) is 25.7 Å². The predicted molar refractivity (Wildman–Crippen MR) is 240 cm³/mol. The van der Waals surface area contributed by atoms with Crippen molar-refractivity contribution in [2.24, 2.45) is 0 Å². The molecule has 3 heterocycles. The van der Waals surface area contributed by atoms with Crippen LogP contribution in [0.2, 0.25) is 0 Å². The van der Waals surface area contributed by atoms with Gasteiger partial charge in [0.05, 0.1) is 38.6 Å². The van der Waals surface area contributed by atoms with Crippen LogP contribution >= 0.6 is 0 Å². The van der Waals surface area contributed by atoms with Crippen molar-refractivity contribution in [3.05, 3.63) is 24.3 Å². The topological polar surface area (TPSA) is 307 Å². The van der Waals surface area contributed by atoms with Gasteiger partial charge >= 0.3 is 0 Å². The van der Waals surface area contributed by atoms with Gasteiger partial charge < -0.3 is 89.9 Å². The molecule has 66 heavy (non-hydrogen) atoms. The van der Waals surface area contributed by atoms with Crippen LogP contribution in [0.3, 0.4) is 0 Å². The van der Waals surface area contributed by atoms with Gasteiger partial charge in [-0.3, -0.25) is 4.79 Å². The van der Waals surface area contributed by atoms with E-state index in [0.717, 1.165) is 70.6 Å². The molecule has 3 aliphatic rings. The van der Waals surface area contributed by atoms with Gasteiger partial charge in [-0.05, 0) is 44.9 Å². The van der Waals surface area contributed by atoms with E-state index in [1.807, 2.05) is 0 Å². The van der Waals surface area contributed by atoms with Crippen molar-refractivity contribution in [1.29, 1.82) is 0 Å². The molecule has 0 saturated carbocycles. The molecule has 19 heteroatoms. The van der Waals surface area contributed by atoms with Crippen molar-refractivity contribution in [2.45, 2.75) is 240 Å². The van der Waals surface area contributed by atoms with Crippen LogP contribution in [0.1, 0.15) is 136 Å². The van der Waals surface area contributed by atoms with E-state index in [0.29, 0.717) is 19.3 Å². The number of amides is 1. The van der Waals surface area contributed by atoms with Gasteiger partial charge in [0.15, 0.2) is 18.9 Å². The minimum atomic E-state index is -1.97. The van der Waals surface area contributed by atoms with E-state index in [9.17, 15) is 61.0 Å². The van der Waals surface area contributed by atoms with Crippen molar-refractivity contribution in [3.8, 4) is 0 Å². The Labute approximate surface area is 390 Å². The fourth-order valence-electron chi connectivity index (χ4n) is 8.34. The molecule has 0 radical (unpaired) electrons. The zero-order valence-corrected chi connectivity index (χ0v) is 39.2. The van der Waals surface area contributed by atoms with Crippen molar-refractivity contribution in [2.75, 3.05) is 26.4 Å². The lowest BCUT2D eigenvalue weighted by Gasteiger charge is -2.48. The van der Waals surface area contributed by atoms with E-state index in [2.05, 4.69) is 43.5 Å². The van der Waals surface area contributed by atoms with Gasteiger partial charge in [-0.15, -0.1) is 0 Å². The van der Waals surface area contributed by atoms with E-state index in [4.69, 9.17) is 28.4 Å². The lowest BCUT2D eigenvalue weighted by Crippen LogP contribution is -2.66. The number of hydrogen-bond acceptors (Lipinski definition) is 18. The van der Waals surface area contributed by atoms with Crippen LogP contribution in [0.4, 0.5) is 0 Å². The Morgan fingerprint density at radius 3 is 1.56 bits per heavy atom. The predicted octanol–water partition coefficient (Wildman–Crippen LogP) is 0.861. The largest absolute Gasteiger partial charge is 0.394 e. The molecule has 3 rings (SSSR count). The molecule has 3 saturated heterocycles. The maximum Gasteiger partial charge on any atom is 0.220 e. The Kier molecular flexibility index (Phi) is 29.3. The standard InChI is InChI=1S/C47H85NO18/c1-3-5-7-9-10-11-12-13-14-15-16-17-18-19-21-23-25-35(53)48-30(31(52)24-22-20-8-6-4-2)29-61-45-41(59)38(56)43(33(27-50)63-45)66-47-42(60)39(57)44(34(28-51)64-47)65-46-40(58)37(55)36(54)32(26-49)62-46/h11-12,14-15,30-34,36-47,49-52,54-60H,3-10,13,16-29H2,1-2H3,(H,48,53)/b12-11-,15-14-. The molecule has 12 N–H and O–H groups in total. The highest BCUT2D eigenvalue weighted by atomic mass is 16.8. The molecule has 3 fully saturated rings. The van der Waals surface area contributed by atoms with E-state index < -0.39 is 124 Å². The van der Waals surface area contributed by atoms with Gasteiger partial charge in [-0.1, -0.05) is 109 Å². The fourth-order valence-corrected chi connectivity index (χ4v) is 8.34. The van der Waals surface area contributed by atoms with Crippen LogP contribution in [0.15, 0.2) is 24.3 Å². The number of nitrogens with one attached hydrogen (secondary N) is 1. The van der Waals surface area contributed by atoms with Crippen molar-refractivity contribution >= 4 is 5.91 Å². The lowest BCUT2D eigenvalue weighted by molar-refractivity contribution is -0.379. The zero-order chi connectivity index (χ0) is 48.4. The Morgan fingerprint density at radius 2 is 1.00 bits per heavy atom. The third kappa shape index (κ3) is 19.2. The number of rotatable bonds is 33. The monoisotopic (exact) mass is 952 g/mol. The highest BCUT2D eigenvalue weighted by Gasteiger charge is 2.53. The van der Waals surface area contributed by atoms with Gasteiger partial charge in [0.2, 0.25) is 5.91 Å². The van der Waals surface area contributed by atoms with Crippen LogP contribution < -0.4 is 5.32 Å². The molecule has 19 nitrogen and oxygen atoms in total. The number of allylic oxidation sites excluding steroid dienone is 4. The smallest absolute Gasteiger partial charge is 0.220 e. The SMILES string of the molecule is CCCCCC/C=C\C/C=C\CCCCCCCC(=O)NC(COC1OC(CO)C(OC2OC(CO)C(OC3OC(CO)C(O)C(O)C3O)C(O)C2O)C(O)C1O)C(O)CCCCCCC. The van der Waals surface area contributed by atoms with Crippen LogP contribution in [0.5, 0.6) is 0 Å². The Bertz CT molecular complexity index is 1330. The summed E-state index contributed by atoms with van der Waals surface area (Å²) in [4.78, 5) is 13.1. The second-order valence-electron chi connectivity index (χ2n) is 17.9. The van der Waals surface area contributed by atoms with E-state index in [1.54, 1.807) is 0 Å². The molecule has 17 atom stereocenters. The molecule has 386 valence electrons. The Hall–Kier alpha value is -1.73. The zero-order valence-electron chi connectivity index (χ0n) is 39.2. The summed E-state index contributed by atoms with van der Waals surface area (Å²) in [6, 6.07) is -0.887. The van der Waals surface area contributed by atoms with Gasteiger partial charge in [0.25, 0.3) is 0 Å². The summed E-state index contributed by atoms with van der Waals surface area (Å²) < 4.78 is 34.0. The summed E-state index contributed by atoms with van der Waals surface area (Å²) in [5.41, 5.74) is 0. The number of hydrogen-bond donors (Lipinski definition) is 12. The highest BCUT2D eigenvalue weighted by Crippen LogP contribution is 2.33. The molecule has 3 aliphatic heterocycles. The number of aliphatic hydroxyl groups is 11. The first-order valence-corrected chi connectivity index (χ1v) is 24.6. The number of unbranched alkanes of at least 4 members (excludes halogenated alkanes) is 13. The quantitative estimate of drug-likeness (QED) is 0.0321. The normalized spacial score (nSPS) is 34.0. The van der Waals surface area contributed by atoms with Crippen LogP contribution in [-0.4, -0.2) is 193 Å². The molecule has 0 aliphatic carbocycles. The van der Waals surface area contributed by atoms with Gasteiger partial charge in [0.1, 0.15) is 73.2 Å². The van der Waals surface area contributed by atoms with Crippen LogP contribution in [0.25, 0.3) is 0 Å². The third-order valence-electron chi connectivity index (χ3n) is 12.5. The number of carbonyl (C=O) groups excluding carboxylic acids is 1. The summed E-state index contributed by atoms with van der Waals surface area (Å²) in [6.45, 7) is 1.61. The number of ether oxygens (including phenoxy) is 6. The molecule has 0 bridgehead atoms. The van der Waals surface area contributed by atoms with E-state index in [-0.39, 0.29) is 18.9 Å². The van der Waals surface area contributed by atoms with Crippen molar-refractivity contribution < 1.29 is 89.4 Å². The minimum Gasteiger partial charge on any atom is -0.394 e. The summed E-state index contributed by atoms with van der Waals surface area (Å²) in [7, 11) is 0. The summed E-state index contributed by atoms with van der Waals surface area (Å²) in [6.07, 6.45) is 0.704. The fraction of sp³-hybridized carbons (Fsp3) is 0.894. The molecule has 1 amide bonds. The summed E-state index contributed by atoms with van der Waals surface area (Å²) in [5.74, 6) is -0.267. The van der Waals surface area contributed by atoms with Gasteiger partial charge in [-0.2, -0.15) is 0 Å². The summed E-state index contributed by atoms with van der Waals surface area (Å²) >= 11 is 0. The number of aliphatic hydroxyl groups excluding tert-OH is 11. The maximum absolute atomic E-state index is 13.1. The average Bonchev–Trinajstić information content (AvgIpc) is 3.31. The molecular formula is C47H85NO18. The average molecular weight is 952 g/mol. The second-order valence-corrected chi connectivity index (χ2v) is 17.9. The van der Waals surface area contributed by atoms with Crippen molar-refractivity contribution in [3.63, 3.8) is 0 Å². The van der Waals surface area contributed by atoms with Gasteiger partial charge in [0, 0.05) is 6.42 Å². The van der Waals surface area contributed by atoms with Crippen LogP contribution in [0, 0.1) is 0 Å². The molecule has 0 spiro atoms. The minimum absolute atomic E-state index is 0.249. The van der Waals surface area contributed by atoms with Crippen LogP contribution in [-0.2, 0) is 33.2 Å². The van der Waals surface area contributed by atoms with Gasteiger partial charge in [-0.25, -0.2) is 0 Å². The molecule has 0 aromatic heterocycles. The molecule has 0 aromatic carbocycles. The van der Waals surface area contributed by atoms with E-state index >= 15 is 0 Å². The third-order valence-corrected chi connectivity index (χ3v) is 12.5. The Balaban J connectivity index is 1.51.